The molecule has 1 aliphatic rings. The lowest BCUT2D eigenvalue weighted by Gasteiger charge is -2.43. The van der Waals surface area contributed by atoms with Crippen LogP contribution in [0.5, 0.6) is 0 Å². The molecule has 8 nitrogen and oxygen atoms in total. The molecule has 0 aliphatic carbocycles. The number of benzene rings is 1. The zero-order valence-corrected chi connectivity index (χ0v) is 19.4. The first-order valence-corrected chi connectivity index (χ1v) is 10.7. The van der Waals surface area contributed by atoms with E-state index in [9.17, 15) is 14.4 Å². The Hall–Kier alpha value is -2.77. The zero-order valence-electron chi connectivity index (χ0n) is 19.4. The van der Waals surface area contributed by atoms with Crippen molar-refractivity contribution in [2.45, 2.75) is 78.0 Å². The maximum atomic E-state index is 13.0. The van der Waals surface area contributed by atoms with Crippen LogP contribution < -0.4 is 5.32 Å². The molecule has 0 aromatic heterocycles. The van der Waals surface area contributed by atoms with E-state index in [2.05, 4.69) is 5.32 Å². The van der Waals surface area contributed by atoms with E-state index in [1.54, 1.807) is 41.5 Å². The van der Waals surface area contributed by atoms with E-state index in [0.29, 0.717) is 25.8 Å². The van der Waals surface area contributed by atoms with Crippen LogP contribution >= 0.6 is 0 Å². The molecule has 1 atom stereocenters. The van der Waals surface area contributed by atoms with Crippen LogP contribution in [0.2, 0.25) is 0 Å². The molecule has 1 saturated heterocycles. The van der Waals surface area contributed by atoms with Gasteiger partial charge in [0.05, 0.1) is 0 Å². The molecule has 0 radical (unpaired) electrons. The molecule has 172 valence electrons. The third-order valence-electron chi connectivity index (χ3n) is 4.45. The molecule has 2 rings (SSSR count). The smallest absolute Gasteiger partial charge is 0.430 e. The Morgan fingerprint density at radius 1 is 0.968 bits per heavy atom. The number of ether oxygens (including phenoxy) is 2. The van der Waals surface area contributed by atoms with Gasteiger partial charge in [0.15, 0.2) is 0 Å². The first-order chi connectivity index (χ1) is 14.4. The first kappa shape index (κ1) is 24.5. The average molecular weight is 434 g/mol. The molecule has 31 heavy (non-hydrogen) atoms. The Balaban J connectivity index is 2.16. The number of nitrogens with zero attached hydrogens (tertiary/aromatic N) is 2. The number of hydrogen-bond acceptors (Lipinski definition) is 5. The van der Waals surface area contributed by atoms with Crippen molar-refractivity contribution in [3.63, 3.8) is 0 Å². The average Bonchev–Trinajstić information content (AvgIpc) is 2.65. The topological polar surface area (TPSA) is 88.2 Å². The highest BCUT2D eigenvalue weighted by Gasteiger charge is 2.43. The van der Waals surface area contributed by atoms with Crippen LogP contribution in [-0.4, -0.2) is 58.4 Å². The van der Waals surface area contributed by atoms with Crippen molar-refractivity contribution in [3.05, 3.63) is 35.9 Å². The molecule has 1 heterocycles. The monoisotopic (exact) mass is 433 g/mol. The summed E-state index contributed by atoms with van der Waals surface area (Å²) in [6, 6.07) is 8.96. The summed E-state index contributed by atoms with van der Waals surface area (Å²) in [5, 5.41) is 5.19. The van der Waals surface area contributed by atoms with E-state index in [1.165, 1.54) is 5.01 Å². The second-order valence-electron chi connectivity index (χ2n) is 9.61. The second kappa shape index (κ2) is 10.0. The lowest BCUT2D eigenvalue weighted by Crippen LogP contribution is -2.63. The highest BCUT2D eigenvalue weighted by Crippen LogP contribution is 2.24. The Bertz CT molecular complexity index is 768. The van der Waals surface area contributed by atoms with Crippen LogP contribution in [0.1, 0.15) is 59.9 Å². The molecule has 3 amide bonds. The van der Waals surface area contributed by atoms with Crippen molar-refractivity contribution in [3.8, 4) is 0 Å². The Morgan fingerprint density at radius 3 is 2.13 bits per heavy atom. The fourth-order valence-corrected chi connectivity index (χ4v) is 3.20. The minimum Gasteiger partial charge on any atom is -0.442 e. The molecular formula is C23H35N3O5. The summed E-state index contributed by atoms with van der Waals surface area (Å²) < 4.78 is 11.0. The normalized spacial score (nSPS) is 17.2. The summed E-state index contributed by atoms with van der Waals surface area (Å²) in [5.74, 6) is -0.324. The van der Waals surface area contributed by atoms with Crippen molar-refractivity contribution in [2.24, 2.45) is 0 Å². The maximum Gasteiger partial charge on any atom is 0.430 e. The number of nitrogens with one attached hydrogen (secondary N) is 1. The minimum atomic E-state index is -0.855. The minimum absolute atomic E-state index is 0.266. The van der Waals surface area contributed by atoms with Crippen LogP contribution in [0.25, 0.3) is 0 Å². The van der Waals surface area contributed by atoms with Gasteiger partial charge in [-0.05, 0) is 66.4 Å². The number of rotatable bonds is 4. The van der Waals surface area contributed by atoms with Gasteiger partial charge in [0.2, 0.25) is 5.91 Å². The second-order valence-corrected chi connectivity index (χ2v) is 9.61. The molecular weight excluding hydrogens is 398 g/mol. The lowest BCUT2D eigenvalue weighted by molar-refractivity contribution is -0.139. The highest BCUT2D eigenvalue weighted by atomic mass is 16.6. The number of carbonyl (C=O) groups is 3. The molecule has 0 unspecified atom stereocenters. The van der Waals surface area contributed by atoms with Gasteiger partial charge in [0.25, 0.3) is 0 Å². The van der Waals surface area contributed by atoms with E-state index in [4.69, 9.17) is 9.47 Å². The highest BCUT2D eigenvalue weighted by molar-refractivity contribution is 5.87. The van der Waals surface area contributed by atoms with Crippen molar-refractivity contribution < 1.29 is 23.9 Å². The van der Waals surface area contributed by atoms with Gasteiger partial charge in [-0.3, -0.25) is 4.79 Å². The molecule has 1 N–H and O–H groups in total. The Morgan fingerprint density at radius 2 is 1.55 bits per heavy atom. The summed E-state index contributed by atoms with van der Waals surface area (Å²) in [4.78, 5) is 38.7. The maximum absolute atomic E-state index is 13.0. The van der Waals surface area contributed by atoms with Crippen molar-refractivity contribution in [2.75, 3.05) is 13.1 Å². The predicted molar refractivity (Wildman–Crippen MR) is 117 cm³/mol. The van der Waals surface area contributed by atoms with Crippen molar-refractivity contribution in [1.29, 1.82) is 0 Å². The van der Waals surface area contributed by atoms with Crippen molar-refractivity contribution in [1.82, 2.24) is 15.3 Å². The van der Waals surface area contributed by atoms with Crippen molar-refractivity contribution >= 4 is 18.1 Å². The third-order valence-corrected chi connectivity index (χ3v) is 4.45. The summed E-state index contributed by atoms with van der Waals surface area (Å²) in [6.07, 6.45) is 0.230. The van der Waals surface area contributed by atoms with Gasteiger partial charge in [0.1, 0.15) is 17.2 Å². The van der Waals surface area contributed by atoms with Gasteiger partial charge in [-0.2, -0.15) is 0 Å². The SMILES string of the molecule is CC(C)(C)OC(=O)N1CCC[C@@H](C(=O)NCCc2ccccc2)N1C(=O)OC(C)(C)C. The van der Waals surface area contributed by atoms with Gasteiger partial charge in [-0.25, -0.2) is 19.6 Å². The van der Waals surface area contributed by atoms with Crippen LogP contribution in [0.3, 0.4) is 0 Å². The lowest BCUT2D eigenvalue weighted by atomic mass is 10.1. The Kier molecular flexibility index (Phi) is 7.92. The molecule has 1 fully saturated rings. The van der Waals surface area contributed by atoms with Gasteiger partial charge in [-0.1, -0.05) is 30.3 Å². The largest absolute Gasteiger partial charge is 0.442 e. The van der Waals surface area contributed by atoms with E-state index in [0.717, 1.165) is 10.6 Å². The molecule has 1 aliphatic heterocycles. The fourth-order valence-electron chi connectivity index (χ4n) is 3.20. The third kappa shape index (κ3) is 7.77. The molecule has 1 aromatic rings. The van der Waals surface area contributed by atoms with Gasteiger partial charge >= 0.3 is 12.2 Å². The van der Waals surface area contributed by atoms with Gasteiger partial charge in [0, 0.05) is 13.1 Å². The van der Waals surface area contributed by atoms with Crippen LogP contribution in [0, 0.1) is 0 Å². The predicted octanol–water partition coefficient (Wildman–Crippen LogP) is 3.90. The van der Waals surface area contributed by atoms with E-state index in [1.807, 2.05) is 30.3 Å². The van der Waals surface area contributed by atoms with Gasteiger partial charge in [-0.15, -0.1) is 0 Å². The number of hydrogen-bond donors (Lipinski definition) is 1. The van der Waals surface area contributed by atoms with E-state index in [-0.39, 0.29) is 12.5 Å². The van der Waals surface area contributed by atoms with Crippen LogP contribution in [0.4, 0.5) is 9.59 Å². The summed E-state index contributed by atoms with van der Waals surface area (Å²) in [5.41, 5.74) is -0.407. The quantitative estimate of drug-likeness (QED) is 0.778. The van der Waals surface area contributed by atoms with E-state index < -0.39 is 29.4 Å². The molecule has 0 saturated carbocycles. The summed E-state index contributed by atoms with van der Waals surface area (Å²) in [6.45, 7) is 11.2. The zero-order chi connectivity index (χ0) is 23.2. The first-order valence-electron chi connectivity index (χ1n) is 10.7. The molecule has 8 heteroatoms. The van der Waals surface area contributed by atoms with Crippen LogP contribution in [0.15, 0.2) is 30.3 Å². The van der Waals surface area contributed by atoms with Crippen LogP contribution in [-0.2, 0) is 20.7 Å². The molecule has 1 aromatic carbocycles. The number of hydrazine groups is 1. The van der Waals surface area contributed by atoms with Gasteiger partial charge < -0.3 is 14.8 Å². The number of carbonyl (C=O) groups excluding carboxylic acids is 3. The standard InChI is InChI=1S/C23H35N3O5/c1-22(2,3)30-20(28)25-16-10-13-18(26(25)21(29)31-23(4,5)6)19(27)24-15-14-17-11-8-7-9-12-17/h7-9,11-12,18H,10,13-16H2,1-6H3,(H,24,27)/t18-/m0/s1. The fraction of sp³-hybridized carbons (Fsp3) is 0.609. The molecule has 0 bridgehead atoms. The summed E-state index contributed by atoms with van der Waals surface area (Å²) in [7, 11) is 0. The Labute approximate surface area is 184 Å². The summed E-state index contributed by atoms with van der Waals surface area (Å²) >= 11 is 0. The molecule has 0 spiro atoms. The number of amides is 3. The van der Waals surface area contributed by atoms with E-state index >= 15 is 0 Å².